The molecule has 0 aliphatic carbocycles. The summed E-state index contributed by atoms with van der Waals surface area (Å²) in [6.07, 6.45) is -4.53. The second-order valence-corrected chi connectivity index (χ2v) is 5.64. The van der Waals surface area contributed by atoms with Crippen LogP contribution in [0.5, 0.6) is 0 Å². The third-order valence-corrected chi connectivity index (χ3v) is 3.85. The van der Waals surface area contributed by atoms with E-state index in [0.717, 1.165) is 18.2 Å². The molecule has 1 unspecified atom stereocenters. The molecule has 9 heteroatoms. The van der Waals surface area contributed by atoms with Gasteiger partial charge in [0.15, 0.2) is 0 Å². The SMILES string of the molecule is CC(=O)Nc1ccc(C(F)(F)F)cc1NC(=O)C(C)C1CNC1.Cl. The Kier molecular flexibility index (Phi) is 6.62. The van der Waals surface area contributed by atoms with Crippen LogP contribution in [-0.2, 0) is 15.8 Å². The summed E-state index contributed by atoms with van der Waals surface area (Å²) in [6, 6.07) is 2.82. The highest BCUT2D eigenvalue weighted by molar-refractivity contribution is 5.99. The van der Waals surface area contributed by atoms with Crippen molar-refractivity contribution in [2.24, 2.45) is 11.8 Å². The average Bonchev–Trinajstić information content (AvgIpc) is 2.36. The van der Waals surface area contributed by atoms with E-state index in [-0.39, 0.29) is 41.5 Å². The highest BCUT2D eigenvalue weighted by Crippen LogP contribution is 2.34. The van der Waals surface area contributed by atoms with Gasteiger partial charge in [0.1, 0.15) is 0 Å². The Morgan fingerprint density at radius 2 is 1.83 bits per heavy atom. The number of alkyl halides is 3. The Morgan fingerprint density at radius 1 is 1.21 bits per heavy atom. The first-order valence-corrected chi connectivity index (χ1v) is 7.19. The molecule has 1 fully saturated rings. The van der Waals surface area contributed by atoms with Crippen LogP contribution in [0.25, 0.3) is 0 Å². The fourth-order valence-electron chi connectivity index (χ4n) is 2.25. The van der Waals surface area contributed by atoms with Crippen molar-refractivity contribution in [1.29, 1.82) is 0 Å². The van der Waals surface area contributed by atoms with Crippen LogP contribution >= 0.6 is 12.4 Å². The molecule has 1 aromatic carbocycles. The number of anilines is 2. The van der Waals surface area contributed by atoms with E-state index in [4.69, 9.17) is 0 Å². The second kappa shape index (κ2) is 7.85. The van der Waals surface area contributed by atoms with Crippen LogP contribution in [0.1, 0.15) is 19.4 Å². The zero-order valence-corrected chi connectivity index (χ0v) is 14.0. The van der Waals surface area contributed by atoms with Crippen LogP contribution in [0.3, 0.4) is 0 Å². The molecule has 1 aliphatic rings. The largest absolute Gasteiger partial charge is 0.416 e. The van der Waals surface area contributed by atoms with Crippen LogP contribution < -0.4 is 16.0 Å². The molecule has 2 rings (SSSR count). The number of carbonyl (C=O) groups is 2. The van der Waals surface area contributed by atoms with E-state index in [0.29, 0.717) is 13.1 Å². The zero-order chi connectivity index (χ0) is 17.2. The Morgan fingerprint density at radius 3 is 2.29 bits per heavy atom. The van der Waals surface area contributed by atoms with Crippen molar-refractivity contribution in [2.45, 2.75) is 20.0 Å². The molecule has 0 bridgehead atoms. The molecule has 1 heterocycles. The smallest absolute Gasteiger partial charge is 0.325 e. The standard InChI is InChI=1S/C15H18F3N3O2.ClH/c1-8(10-6-19-7-10)14(23)21-13-5-11(15(16,17)18)3-4-12(13)20-9(2)22;/h3-5,8,10,19H,6-7H2,1-2H3,(H,20,22)(H,21,23);1H. The monoisotopic (exact) mass is 365 g/mol. The first kappa shape index (κ1) is 20.2. The number of hydrogen-bond donors (Lipinski definition) is 3. The topological polar surface area (TPSA) is 70.2 Å². The zero-order valence-electron chi connectivity index (χ0n) is 13.2. The summed E-state index contributed by atoms with van der Waals surface area (Å²) in [7, 11) is 0. The maximum Gasteiger partial charge on any atom is 0.416 e. The van der Waals surface area contributed by atoms with Crippen molar-refractivity contribution < 1.29 is 22.8 Å². The summed E-state index contributed by atoms with van der Waals surface area (Å²) in [5.41, 5.74) is -0.809. The number of benzene rings is 1. The van der Waals surface area contributed by atoms with Crippen LogP contribution in [0.15, 0.2) is 18.2 Å². The lowest BCUT2D eigenvalue weighted by molar-refractivity contribution is -0.137. The lowest BCUT2D eigenvalue weighted by Gasteiger charge is -2.31. The van der Waals surface area contributed by atoms with Gasteiger partial charge in [0, 0.05) is 12.8 Å². The summed E-state index contributed by atoms with van der Waals surface area (Å²) in [4.78, 5) is 23.4. The van der Waals surface area contributed by atoms with Gasteiger partial charge in [0.25, 0.3) is 0 Å². The predicted octanol–water partition coefficient (Wildman–Crippen LogP) is 2.88. The summed E-state index contributed by atoms with van der Waals surface area (Å²) >= 11 is 0. The fraction of sp³-hybridized carbons (Fsp3) is 0.467. The highest BCUT2D eigenvalue weighted by Gasteiger charge is 2.32. The number of carbonyl (C=O) groups excluding carboxylic acids is 2. The van der Waals surface area contributed by atoms with E-state index in [1.807, 2.05) is 0 Å². The molecule has 24 heavy (non-hydrogen) atoms. The van der Waals surface area contributed by atoms with Gasteiger partial charge < -0.3 is 16.0 Å². The van der Waals surface area contributed by atoms with E-state index in [9.17, 15) is 22.8 Å². The Hall–Kier alpha value is -1.80. The summed E-state index contributed by atoms with van der Waals surface area (Å²) in [5, 5.41) is 7.96. The van der Waals surface area contributed by atoms with Crippen molar-refractivity contribution in [3.8, 4) is 0 Å². The number of nitrogens with one attached hydrogen (secondary N) is 3. The molecule has 1 atom stereocenters. The molecule has 3 N–H and O–H groups in total. The molecule has 134 valence electrons. The minimum atomic E-state index is -4.53. The third-order valence-electron chi connectivity index (χ3n) is 3.85. The van der Waals surface area contributed by atoms with E-state index in [1.54, 1.807) is 6.92 Å². The van der Waals surface area contributed by atoms with Gasteiger partial charge in [-0.1, -0.05) is 6.92 Å². The normalized spacial score (nSPS) is 15.7. The maximum absolute atomic E-state index is 12.8. The molecule has 1 aromatic rings. The number of hydrogen-bond acceptors (Lipinski definition) is 3. The Bertz CT molecular complexity index is 618. The molecule has 1 aliphatic heterocycles. The quantitative estimate of drug-likeness (QED) is 0.768. The van der Waals surface area contributed by atoms with Crippen molar-refractivity contribution in [3.05, 3.63) is 23.8 Å². The Balaban J connectivity index is 0.00000288. The van der Waals surface area contributed by atoms with Gasteiger partial charge in [-0.05, 0) is 37.2 Å². The van der Waals surface area contributed by atoms with Crippen molar-refractivity contribution >= 4 is 35.6 Å². The van der Waals surface area contributed by atoms with E-state index >= 15 is 0 Å². The number of halogens is 4. The summed E-state index contributed by atoms with van der Waals surface area (Å²) in [6.45, 7) is 4.38. The van der Waals surface area contributed by atoms with Gasteiger partial charge in [-0.25, -0.2) is 0 Å². The minimum Gasteiger partial charge on any atom is -0.325 e. The van der Waals surface area contributed by atoms with Crippen LogP contribution in [0, 0.1) is 11.8 Å². The molecular formula is C15H19ClF3N3O2. The lowest BCUT2D eigenvalue weighted by atomic mass is 9.88. The molecule has 1 saturated heterocycles. The fourth-order valence-corrected chi connectivity index (χ4v) is 2.25. The van der Waals surface area contributed by atoms with Gasteiger partial charge in [0.2, 0.25) is 11.8 Å². The van der Waals surface area contributed by atoms with Crippen molar-refractivity contribution in [1.82, 2.24) is 5.32 Å². The molecular weight excluding hydrogens is 347 g/mol. The van der Waals surface area contributed by atoms with Crippen LogP contribution in [0.4, 0.5) is 24.5 Å². The molecule has 0 saturated carbocycles. The van der Waals surface area contributed by atoms with Gasteiger partial charge in [0.05, 0.1) is 16.9 Å². The first-order chi connectivity index (χ1) is 10.7. The highest BCUT2D eigenvalue weighted by atomic mass is 35.5. The van der Waals surface area contributed by atoms with E-state index < -0.39 is 17.6 Å². The summed E-state index contributed by atoms with van der Waals surface area (Å²) in [5.74, 6) is -0.986. The van der Waals surface area contributed by atoms with Gasteiger partial charge >= 0.3 is 6.18 Å². The number of amides is 2. The van der Waals surface area contributed by atoms with Crippen molar-refractivity contribution in [3.63, 3.8) is 0 Å². The maximum atomic E-state index is 12.8. The summed E-state index contributed by atoms with van der Waals surface area (Å²) < 4.78 is 38.5. The molecule has 5 nitrogen and oxygen atoms in total. The molecule has 0 radical (unpaired) electrons. The average molecular weight is 366 g/mol. The minimum absolute atomic E-state index is 0. The van der Waals surface area contributed by atoms with Gasteiger partial charge in [-0.2, -0.15) is 13.2 Å². The first-order valence-electron chi connectivity index (χ1n) is 7.19. The van der Waals surface area contributed by atoms with Crippen LogP contribution in [-0.4, -0.2) is 24.9 Å². The predicted molar refractivity (Wildman–Crippen MR) is 87.1 cm³/mol. The van der Waals surface area contributed by atoms with Gasteiger partial charge in [-0.15, -0.1) is 12.4 Å². The Labute approximate surface area is 143 Å². The molecule has 0 spiro atoms. The lowest BCUT2D eigenvalue weighted by Crippen LogP contribution is -2.48. The second-order valence-electron chi connectivity index (χ2n) is 5.64. The van der Waals surface area contributed by atoms with Crippen molar-refractivity contribution in [2.75, 3.05) is 23.7 Å². The van der Waals surface area contributed by atoms with E-state index in [2.05, 4.69) is 16.0 Å². The number of rotatable bonds is 4. The van der Waals surface area contributed by atoms with E-state index in [1.165, 1.54) is 6.92 Å². The molecule has 2 amide bonds. The van der Waals surface area contributed by atoms with Gasteiger partial charge in [-0.3, -0.25) is 9.59 Å². The molecule has 0 aromatic heterocycles. The van der Waals surface area contributed by atoms with Crippen LogP contribution in [0.2, 0.25) is 0 Å². The third kappa shape index (κ3) is 4.85.